The smallest absolute Gasteiger partial charge is 0.380 e. The van der Waals surface area contributed by atoms with Gasteiger partial charge in [-0.15, -0.1) is 0 Å². The summed E-state index contributed by atoms with van der Waals surface area (Å²) in [5.41, 5.74) is 0. The normalized spacial score (nSPS) is 36.6. The van der Waals surface area contributed by atoms with Crippen molar-refractivity contribution in [2.45, 2.75) is 50.4 Å². The summed E-state index contributed by atoms with van der Waals surface area (Å²) in [6.07, 6.45) is -1.19. The van der Waals surface area contributed by atoms with Crippen molar-refractivity contribution in [3.05, 3.63) is 0 Å². The molecule has 0 aromatic heterocycles. The van der Waals surface area contributed by atoms with Gasteiger partial charge in [0.15, 0.2) is 0 Å². The largest absolute Gasteiger partial charge is 0.391 e. The van der Waals surface area contributed by atoms with Crippen LogP contribution in [0.1, 0.15) is 32.1 Å². The maximum absolute atomic E-state index is 12.4. The summed E-state index contributed by atoms with van der Waals surface area (Å²) in [5, 5.41) is 3.40. The van der Waals surface area contributed by atoms with E-state index in [1.807, 2.05) is 0 Å². The van der Waals surface area contributed by atoms with E-state index in [9.17, 15) is 13.2 Å². The van der Waals surface area contributed by atoms with Gasteiger partial charge in [0.2, 0.25) is 0 Å². The Bertz CT molecular complexity index is 218. The lowest BCUT2D eigenvalue weighted by atomic mass is 9.85. The van der Waals surface area contributed by atoms with Crippen LogP contribution < -0.4 is 5.32 Å². The summed E-state index contributed by atoms with van der Waals surface area (Å²) in [5.74, 6) is -1.08. The topological polar surface area (TPSA) is 21.3 Å². The van der Waals surface area contributed by atoms with Gasteiger partial charge in [0.25, 0.3) is 0 Å². The van der Waals surface area contributed by atoms with Crippen LogP contribution in [0.25, 0.3) is 0 Å². The number of hydrogen-bond acceptors (Lipinski definition) is 2. The Hall–Kier alpha value is -0.290. The summed E-state index contributed by atoms with van der Waals surface area (Å²) in [4.78, 5) is 0. The average molecular weight is 237 g/mol. The van der Waals surface area contributed by atoms with Crippen LogP contribution in [0, 0.1) is 5.92 Å². The minimum Gasteiger partial charge on any atom is -0.380 e. The lowest BCUT2D eigenvalue weighted by molar-refractivity contribution is -0.182. The molecule has 0 spiro atoms. The van der Waals surface area contributed by atoms with Crippen molar-refractivity contribution in [2.75, 3.05) is 13.2 Å². The van der Waals surface area contributed by atoms with Gasteiger partial charge in [-0.25, -0.2) is 0 Å². The first-order valence-electron chi connectivity index (χ1n) is 5.96. The van der Waals surface area contributed by atoms with Gasteiger partial charge in [-0.1, -0.05) is 0 Å². The van der Waals surface area contributed by atoms with E-state index in [0.717, 1.165) is 13.0 Å². The molecule has 2 rings (SSSR count). The molecule has 1 saturated heterocycles. The van der Waals surface area contributed by atoms with Crippen LogP contribution in [0.3, 0.4) is 0 Å². The number of alkyl halides is 3. The number of hydrogen-bond donors (Lipinski definition) is 1. The average Bonchev–Trinajstić information content (AvgIpc) is 2.70. The molecule has 0 bridgehead atoms. The van der Waals surface area contributed by atoms with E-state index in [2.05, 4.69) is 5.32 Å². The Kier molecular flexibility index (Phi) is 3.74. The molecule has 5 heteroatoms. The molecular formula is C11H18F3NO. The van der Waals surface area contributed by atoms with Crippen molar-refractivity contribution in [2.24, 2.45) is 5.92 Å². The molecule has 0 radical (unpaired) electrons. The fourth-order valence-electron chi connectivity index (χ4n) is 2.59. The van der Waals surface area contributed by atoms with Crippen molar-refractivity contribution >= 4 is 0 Å². The second-order valence-corrected chi connectivity index (χ2v) is 4.82. The zero-order valence-corrected chi connectivity index (χ0v) is 9.22. The van der Waals surface area contributed by atoms with Crippen molar-refractivity contribution in [3.63, 3.8) is 0 Å². The van der Waals surface area contributed by atoms with Crippen LogP contribution in [0.2, 0.25) is 0 Å². The molecule has 1 heterocycles. The summed E-state index contributed by atoms with van der Waals surface area (Å²) in [6, 6.07) is 0.609. The maximum Gasteiger partial charge on any atom is 0.391 e. The Morgan fingerprint density at radius 1 is 0.938 bits per heavy atom. The molecule has 1 aliphatic heterocycles. The second kappa shape index (κ2) is 4.92. The molecule has 1 N–H and O–H groups in total. The zero-order valence-electron chi connectivity index (χ0n) is 9.22. The molecule has 2 nitrogen and oxygen atoms in total. The first-order chi connectivity index (χ1) is 7.55. The highest BCUT2D eigenvalue weighted by Crippen LogP contribution is 2.37. The third-order valence-electron chi connectivity index (χ3n) is 3.59. The lowest BCUT2D eigenvalue weighted by Crippen LogP contribution is -2.42. The summed E-state index contributed by atoms with van der Waals surface area (Å²) >= 11 is 0. The van der Waals surface area contributed by atoms with E-state index in [-0.39, 0.29) is 18.9 Å². The molecule has 0 aromatic rings. The molecule has 94 valence electrons. The molecule has 0 aromatic carbocycles. The molecule has 0 amide bonds. The SMILES string of the molecule is FC(F)(F)C1CCC(NC2CCOC2)CC1. The molecule has 1 aliphatic carbocycles. The maximum atomic E-state index is 12.4. The predicted molar refractivity (Wildman–Crippen MR) is 54.2 cm³/mol. The molecule has 2 aliphatic rings. The van der Waals surface area contributed by atoms with Gasteiger partial charge in [-0.05, 0) is 32.1 Å². The van der Waals surface area contributed by atoms with E-state index < -0.39 is 12.1 Å². The van der Waals surface area contributed by atoms with Gasteiger partial charge in [-0.2, -0.15) is 13.2 Å². The lowest BCUT2D eigenvalue weighted by Gasteiger charge is -2.31. The van der Waals surface area contributed by atoms with Crippen LogP contribution >= 0.6 is 0 Å². The van der Waals surface area contributed by atoms with Crippen molar-refractivity contribution < 1.29 is 17.9 Å². The van der Waals surface area contributed by atoms with Gasteiger partial charge >= 0.3 is 6.18 Å². The number of rotatable bonds is 2. The van der Waals surface area contributed by atoms with E-state index in [1.165, 1.54) is 0 Å². The predicted octanol–water partition coefficient (Wildman–Crippen LogP) is 2.49. The third-order valence-corrected chi connectivity index (χ3v) is 3.59. The monoisotopic (exact) mass is 237 g/mol. The van der Waals surface area contributed by atoms with E-state index in [0.29, 0.717) is 25.5 Å². The van der Waals surface area contributed by atoms with Gasteiger partial charge in [0.05, 0.1) is 12.5 Å². The van der Waals surface area contributed by atoms with E-state index in [1.54, 1.807) is 0 Å². The van der Waals surface area contributed by atoms with Crippen LogP contribution in [0.5, 0.6) is 0 Å². The van der Waals surface area contributed by atoms with Crippen LogP contribution in [0.15, 0.2) is 0 Å². The Balaban J connectivity index is 1.72. The zero-order chi connectivity index (χ0) is 11.6. The molecule has 16 heavy (non-hydrogen) atoms. The summed E-state index contributed by atoms with van der Waals surface area (Å²) < 4.78 is 42.5. The third kappa shape index (κ3) is 3.10. The molecule has 1 saturated carbocycles. The number of halogens is 3. The van der Waals surface area contributed by atoms with Crippen LogP contribution in [0.4, 0.5) is 13.2 Å². The standard InChI is InChI=1S/C11H18F3NO/c12-11(13,14)8-1-3-9(4-2-8)15-10-5-6-16-7-10/h8-10,15H,1-7H2. The molecular weight excluding hydrogens is 219 g/mol. The summed E-state index contributed by atoms with van der Waals surface area (Å²) in [6.45, 7) is 1.48. The van der Waals surface area contributed by atoms with Crippen molar-refractivity contribution in [3.8, 4) is 0 Å². The second-order valence-electron chi connectivity index (χ2n) is 4.82. The Morgan fingerprint density at radius 3 is 2.12 bits per heavy atom. The number of nitrogens with one attached hydrogen (secondary N) is 1. The minimum atomic E-state index is -4.00. The van der Waals surface area contributed by atoms with E-state index >= 15 is 0 Å². The molecule has 2 fully saturated rings. The van der Waals surface area contributed by atoms with Gasteiger partial charge < -0.3 is 10.1 Å². The minimum absolute atomic E-state index is 0.255. The highest BCUT2D eigenvalue weighted by Gasteiger charge is 2.41. The number of ether oxygens (including phenoxy) is 1. The summed E-state index contributed by atoms with van der Waals surface area (Å²) in [7, 11) is 0. The van der Waals surface area contributed by atoms with Crippen molar-refractivity contribution in [1.29, 1.82) is 0 Å². The van der Waals surface area contributed by atoms with Gasteiger partial charge in [0, 0.05) is 18.7 Å². The van der Waals surface area contributed by atoms with Crippen LogP contribution in [-0.2, 0) is 4.74 Å². The van der Waals surface area contributed by atoms with Gasteiger partial charge in [-0.3, -0.25) is 0 Å². The van der Waals surface area contributed by atoms with Crippen LogP contribution in [-0.4, -0.2) is 31.5 Å². The molecule has 1 atom stereocenters. The Morgan fingerprint density at radius 2 is 1.62 bits per heavy atom. The highest BCUT2D eigenvalue weighted by atomic mass is 19.4. The highest BCUT2D eigenvalue weighted by molar-refractivity contribution is 4.84. The molecule has 1 unspecified atom stereocenters. The first-order valence-corrected chi connectivity index (χ1v) is 5.96. The Labute approximate surface area is 93.5 Å². The quantitative estimate of drug-likeness (QED) is 0.796. The first kappa shape index (κ1) is 12.2. The fraction of sp³-hybridized carbons (Fsp3) is 1.00. The van der Waals surface area contributed by atoms with E-state index in [4.69, 9.17) is 4.74 Å². The fourth-order valence-corrected chi connectivity index (χ4v) is 2.59. The van der Waals surface area contributed by atoms with Gasteiger partial charge in [0.1, 0.15) is 0 Å². The van der Waals surface area contributed by atoms with Crippen molar-refractivity contribution in [1.82, 2.24) is 5.32 Å².